The van der Waals surface area contributed by atoms with Crippen molar-refractivity contribution in [3.63, 3.8) is 0 Å². The van der Waals surface area contributed by atoms with E-state index in [0.717, 1.165) is 0 Å². The highest BCUT2D eigenvalue weighted by Crippen LogP contribution is 2.34. The Bertz CT molecular complexity index is 711. The number of nitrogens with zero attached hydrogens (tertiary/aromatic N) is 1. The molecule has 25 heavy (non-hydrogen) atoms. The van der Waals surface area contributed by atoms with Crippen LogP contribution in [0.1, 0.15) is 30.1 Å². The Hall–Kier alpha value is -2.29. The fourth-order valence-corrected chi connectivity index (χ4v) is 2.55. The Balaban J connectivity index is 2.37. The second-order valence-corrected chi connectivity index (χ2v) is 5.83. The zero-order chi connectivity index (χ0) is 18.8. The summed E-state index contributed by atoms with van der Waals surface area (Å²) in [4.78, 5) is 36.8. The molecule has 1 fully saturated rings. The second kappa shape index (κ2) is 6.91. The topological polar surface area (TPSA) is 78.5 Å². The van der Waals surface area contributed by atoms with Gasteiger partial charge in [-0.25, -0.2) is 4.79 Å². The third-order valence-corrected chi connectivity index (χ3v) is 4.02. The molecule has 0 bridgehead atoms. The lowest BCUT2D eigenvalue weighted by Gasteiger charge is -2.30. The zero-order valence-corrected chi connectivity index (χ0v) is 13.9. The van der Waals surface area contributed by atoms with Crippen molar-refractivity contribution in [2.45, 2.75) is 31.6 Å². The molecule has 0 aliphatic carbocycles. The Morgan fingerprint density at radius 1 is 1.32 bits per heavy atom. The lowest BCUT2D eigenvalue weighted by atomic mass is 10.1. The first-order valence-corrected chi connectivity index (χ1v) is 7.79. The number of halogens is 4. The third-order valence-electron chi connectivity index (χ3n) is 3.69. The van der Waals surface area contributed by atoms with E-state index in [4.69, 9.17) is 11.6 Å². The van der Waals surface area contributed by atoms with Gasteiger partial charge in [-0.2, -0.15) is 13.2 Å². The van der Waals surface area contributed by atoms with E-state index in [0.29, 0.717) is 17.7 Å². The third kappa shape index (κ3) is 3.41. The van der Waals surface area contributed by atoms with Gasteiger partial charge < -0.3 is 5.32 Å². The van der Waals surface area contributed by atoms with Crippen LogP contribution in [0.5, 0.6) is 0 Å². The molecule has 1 aromatic carbocycles. The Morgan fingerprint density at radius 3 is 2.52 bits per heavy atom. The average molecular weight is 378 g/mol. The van der Waals surface area contributed by atoms with Gasteiger partial charge >= 0.3 is 12.2 Å². The number of nitrogens with one attached hydrogen (secondary N) is 2. The van der Waals surface area contributed by atoms with Crippen LogP contribution in [0.4, 0.5) is 18.0 Å². The van der Waals surface area contributed by atoms with Crippen LogP contribution in [0.3, 0.4) is 0 Å². The standard InChI is InChI=1S/C15H15ClF3N3O3/c1-2-3-8-22-12(24)14(15(17,18)19,21-13(22)25)20-11(23)9-6-4-5-7-10(9)16/h4-7H,2-3,8H2,1H3,(H,20,23)(H,21,25)/t14-/m0/s1. The van der Waals surface area contributed by atoms with E-state index in [9.17, 15) is 27.6 Å². The predicted molar refractivity (Wildman–Crippen MR) is 82.9 cm³/mol. The van der Waals surface area contributed by atoms with E-state index in [-0.39, 0.29) is 17.1 Å². The maximum absolute atomic E-state index is 13.6. The number of amides is 4. The van der Waals surface area contributed by atoms with Gasteiger partial charge in [0.05, 0.1) is 10.6 Å². The van der Waals surface area contributed by atoms with Crippen LogP contribution in [-0.4, -0.2) is 41.1 Å². The molecular weight excluding hydrogens is 363 g/mol. The molecule has 0 aromatic heterocycles. The van der Waals surface area contributed by atoms with Crippen molar-refractivity contribution >= 4 is 29.4 Å². The lowest BCUT2D eigenvalue weighted by molar-refractivity contribution is -0.200. The van der Waals surface area contributed by atoms with E-state index in [1.807, 2.05) is 0 Å². The second-order valence-electron chi connectivity index (χ2n) is 5.42. The van der Waals surface area contributed by atoms with E-state index >= 15 is 0 Å². The minimum Gasteiger partial charge on any atom is -0.314 e. The summed E-state index contributed by atoms with van der Waals surface area (Å²) in [5.41, 5.74) is -3.77. The maximum atomic E-state index is 13.6. The smallest absolute Gasteiger partial charge is 0.314 e. The predicted octanol–water partition coefficient (Wildman–Crippen LogP) is 2.68. The molecule has 0 unspecified atom stereocenters. The molecule has 2 rings (SSSR count). The van der Waals surface area contributed by atoms with Gasteiger partial charge in [0, 0.05) is 6.54 Å². The molecule has 1 aliphatic rings. The summed E-state index contributed by atoms with van der Waals surface area (Å²) in [6.45, 7) is 1.58. The van der Waals surface area contributed by atoms with E-state index in [1.165, 1.54) is 24.3 Å². The number of urea groups is 1. The van der Waals surface area contributed by atoms with Crippen molar-refractivity contribution in [1.82, 2.24) is 15.5 Å². The molecule has 0 saturated carbocycles. The molecule has 1 heterocycles. The Morgan fingerprint density at radius 2 is 1.96 bits per heavy atom. The Labute approximate surface area is 146 Å². The van der Waals surface area contributed by atoms with E-state index in [2.05, 4.69) is 0 Å². The minimum absolute atomic E-state index is 0.0862. The minimum atomic E-state index is -5.24. The number of carbonyl (C=O) groups excluding carboxylic acids is 3. The van der Waals surface area contributed by atoms with Gasteiger partial charge in [-0.15, -0.1) is 0 Å². The van der Waals surface area contributed by atoms with E-state index < -0.39 is 29.7 Å². The highest BCUT2D eigenvalue weighted by Gasteiger charge is 2.68. The van der Waals surface area contributed by atoms with Gasteiger partial charge in [0.1, 0.15) is 0 Å². The number of alkyl halides is 3. The van der Waals surface area contributed by atoms with Crippen LogP contribution in [-0.2, 0) is 4.79 Å². The maximum Gasteiger partial charge on any atom is 0.440 e. The van der Waals surface area contributed by atoms with Crippen molar-refractivity contribution in [2.75, 3.05) is 6.54 Å². The van der Waals surface area contributed by atoms with Gasteiger partial charge in [0.15, 0.2) is 0 Å². The summed E-state index contributed by atoms with van der Waals surface area (Å²) in [6.07, 6.45) is -4.33. The summed E-state index contributed by atoms with van der Waals surface area (Å²) in [5.74, 6) is -2.80. The monoisotopic (exact) mass is 377 g/mol. The highest BCUT2D eigenvalue weighted by atomic mass is 35.5. The van der Waals surface area contributed by atoms with Gasteiger partial charge in [-0.3, -0.25) is 19.8 Å². The number of carbonyl (C=O) groups is 3. The molecule has 0 spiro atoms. The largest absolute Gasteiger partial charge is 0.440 e. The molecule has 6 nitrogen and oxygen atoms in total. The summed E-state index contributed by atoms with van der Waals surface area (Å²) < 4.78 is 40.8. The number of benzene rings is 1. The van der Waals surface area contributed by atoms with Crippen LogP contribution >= 0.6 is 11.6 Å². The lowest BCUT2D eigenvalue weighted by Crippen LogP contribution is -2.69. The molecule has 2 N–H and O–H groups in total. The highest BCUT2D eigenvalue weighted by molar-refractivity contribution is 6.34. The van der Waals surface area contributed by atoms with Crippen molar-refractivity contribution in [3.8, 4) is 0 Å². The molecule has 1 aromatic rings. The molecule has 10 heteroatoms. The number of imide groups is 1. The fourth-order valence-electron chi connectivity index (χ4n) is 2.33. The zero-order valence-electron chi connectivity index (χ0n) is 13.1. The van der Waals surface area contributed by atoms with Crippen LogP contribution in [0.25, 0.3) is 0 Å². The number of hydrogen-bond acceptors (Lipinski definition) is 3. The summed E-state index contributed by atoms with van der Waals surface area (Å²) in [7, 11) is 0. The van der Waals surface area contributed by atoms with Crippen LogP contribution < -0.4 is 10.6 Å². The molecule has 4 amide bonds. The van der Waals surface area contributed by atoms with Gasteiger partial charge in [0.25, 0.3) is 17.5 Å². The van der Waals surface area contributed by atoms with Crippen molar-refractivity contribution in [2.24, 2.45) is 0 Å². The summed E-state index contributed by atoms with van der Waals surface area (Å²) in [5, 5.41) is 3.09. The van der Waals surface area contributed by atoms with Crippen molar-refractivity contribution < 1.29 is 27.6 Å². The first kappa shape index (κ1) is 19.0. The van der Waals surface area contributed by atoms with Gasteiger partial charge in [-0.1, -0.05) is 37.1 Å². The Kier molecular flexibility index (Phi) is 5.26. The van der Waals surface area contributed by atoms with Crippen LogP contribution in [0, 0.1) is 0 Å². The van der Waals surface area contributed by atoms with Gasteiger partial charge in [0.2, 0.25) is 0 Å². The number of rotatable bonds is 5. The first-order valence-electron chi connectivity index (χ1n) is 7.42. The number of hydrogen-bond donors (Lipinski definition) is 2. The van der Waals surface area contributed by atoms with Gasteiger partial charge in [-0.05, 0) is 18.6 Å². The van der Waals surface area contributed by atoms with Crippen molar-refractivity contribution in [1.29, 1.82) is 0 Å². The quantitative estimate of drug-likeness (QED) is 0.774. The molecule has 1 saturated heterocycles. The van der Waals surface area contributed by atoms with Crippen molar-refractivity contribution in [3.05, 3.63) is 34.9 Å². The molecule has 1 atom stereocenters. The summed E-state index contributed by atoms with van der Waals surface area (Å²) in [6, 6.07) is 4.21. The first-order chi connectivity index (χ1) is 11.6. The van der Waals surface area contributed by atoms with Crippen LogP contribution in [0.15, 0.2) is 24.3 Å². The SMILES string of the molecule is CCCCN1C(=O)N[C@](NC(=O)c2ccccc2Cl)(C(F)(F)F)C1=O. The number of unbranched alkanes of at least 4 members (excludes halogenated alkanes) is 1. The van der Waals surface area contributed by atoms with Crippen LogP contribution in [0.2, 0.25) is 5.02 Å². The molecule has 1 aliphatic heterocycles. The molecular formula is C15H15ClF3N3O3. The average Bonchev–Trinajstić information content (AvgIpc) is 2.77. The normalized spacial score (nSPS) is 20.6. The fraction of sp³-hybridized carbons (Fsp3) is 0.400. The summed E-state index contributed by atoms with van der Waals surface area (Å²) >= 11 is 5.80. The molecule has 0 radical (unpaired) electrons. The van der Waals surface area contributed by atoms with E-state index in [1.54, 1.807) is 17.6 Å². The molecule has 136 valence electrons.